The summed E-state index contributed by atoms with van der Waals surface area (Å²) in [6.45, 7) is 0.0655. The third-order valence-corrected chi connectivity index (χ3v) is 2.63. The molecule has 0 aliphatic rings. The summed E-state index contributed by atoms with van der Waals surface area (Å²) in [5.41, 5.74) is -1.55. The predicted molar refractivity (Wildman–Crippen MR) is 61.8 cm³/mol. The van der Waals surface area contributed by atoms with Gasteiger partial charge in [-0.25, -0.2) is 0 Å². The molecule has 1 aromatic rings. The summed E-state index contributed by atoms with van der Waals surface area (Å²) < 4.78 is 38.5. The van der Waals surface area contributed by atoms with Crippen molar-refractivity contribution < 1.29 is 23.4 Å². The first kappa shape index (κ1) is 15.5. The molecular weight excluding hydrogens is 265 g/mol. The third-order valence-electron chi connectivity index (χ3n) is 2.63. The van der Waals surface area contributed by atoms with Crippen molar-refractivity contribution in [1.29, 1.82) is 0 Å². The maximum atomic E-state index is 12.5. The summed E-state index contributed by atoms with van der Waals surface area (Å²) in [5.74, 6) is -0.616. The second-order valence-corrected chi connectivity index (χ2v) is 4.47. The molecule has 0 aliphatic carbocycles. The molecule has 0 amide bonds. The van der Waals surface area contributed by atoms with Crippen LogP contribution in [0.15, 0.2) is 10.9 Å². The van der Waals surface area contributed by atoms with Gasteiger partial charge in [-0.3, -0.25) is 4.79 Å². The maximum absolute atomic E-state index is 12.5. The lowest BCUT2D eigenvalue weighted by molar-refractivity contribution is -0.208. The van der Waals surface area contributed by atoms with Crippen LogP contribution < -0.4 is 5.43 Å². The topological polar surface area (TPSA) is 65.7 Å². The fourth-order valence-electron chi connectivity index (χ4n) is 1.67. The molecule has 1 heterocycles. The van der Waals surface area contributed by atoms with Crippen LogP contribution >= 0.6 is 0 Å². The second-order valence-electron chi connectivity index (χ2n) is 4.47. The number of hydrogen-bond acceptors (Lipinski definition) is 4. The van der Waals surface area contributed by atoms with Crippen molar-refractivity contribution in [3.63, 3.8) is 0 Å². The van der Waals surface area contributed by atoms with E-state index in [-0.39, 0.29) is 12.2 Å². The lowest BCUT2D eigenvalue weighted by Gasteiger charge is -2.22. The molecule has 1 atom stereocenters. The van der Waals surface area contributed by atoms with Crippen LogP contribution in [0, 0.1) is 0 Å². The van der Waals surface area contributed by atoms with E-state index in [9.17, 15) is 28.2 Å². The van der Waals surface area contributed by atoms with Gasteiger partial charge in [0.25, 0.3) is 0 Å². The molecular formula is C11H15F3N2O3. The zero-order chi connectivity index (χ0) is 15.0. The van der Waals surface area contributed by atoms with Crippen molar-refractivity contribution in [3.8, 4) is 5.75 Å². The number of aliphatic hydroxyl groups excluding tert-OH is 1. The largest absolute Gasteiger partial charge is 0.503 e. The summed E-state index contributed by atoms with van der Waals surface area (Å²) in [6, 6.07) is 0.590. The van der Waals surface area contributed by atoms with E-state index in [0.717, 1.165) is 4.57 Å². The Morgan fingerprint density at radius 3 is 2.37 bits per heavy atom. The Bertz CT molecular complexity index is 523. The zero-order valence-corrected chi connectivity index (χ0v) is 10.7. The quantitative estimate of drug-likeness (QED) is 0.857. The van der Waals surface area contributed by atoms with Crippen LogP contribution in [0.4, 0.5) is 13.2 Å². The molecule has 0 saturated heterocycles. The van der Waals surface area contributed by atoms with E-state index in [1.807, 2.05) is 0 Å². The minimum absolute atomic E-state index is 0.0100. The minimum atomic E-state index is -4.88. The van der Waals surface area contributed by atoms with Gasteiger partial charge in [-0.05, 0) is 14.1 Å². The van der Waals surface area contributed by atoms with Crippen LogP contribution in [-0.4, -0.2) is 40.0 Å². The van der Waals surface area contributed by atoms with Gasteiger partial charge in [0.2, 0.25) is 5.43 Å². The molecule has 8 heteroatoms. The number of rotatable bonds is 3. The second kappa shape index (κ2) is 5.22. The molecule has 0 spiro atoms. The van der Waals surface area contributed by atoms with Crippen LogP contribution in [-0.2, 0) is 13.6 Å². The van der Waals surface area contributed by atoms with E-state index in [1.165, 1.54) is 7.05 Å². The summed E-state index contributed by atoms with van der Waals surface area (Å²) in [4.78, 5) is 13.0. The highest BCUT2D eigenvalue weighted by Gasteiger charge is 2.41. The molecule has 1 aromatic heterocycles. The fraction of sp³-hybridized carbons (Fsp3) is 0.545. The van der Waals surface area contributed by atoms with E-state index >= 15 is 0 Å². The molecule has 0 aliphatic heterocycles. The Morgan fingerprint density at radius 2 is 1.95 bits per heavy atom. The smallest absolute Gasteiger partial charge is 0.420 e. The van der Waals surface area contributed by atoms with Crippen molar-refractivity contribution in [3.05, 3.63) is 27.7 Å². The van der Waals surface area contributed by atoms with Gasteiger partial charge in [0.15, 0.2) is 11.9 Å². The van der Waals surface area contributed by atoms with Crippen molar-refractivity contribution in [2.24, 2.45) is 7.05 Å². The lowest BCUT2D eigenvalue weighted by atomic mass is 10.1. The molecule has 5 nitrogen and oxygen atoms in total. The molecule has 1 rings (SSSR count). The van der Waals surface area contributed by atoms with E-state index in [0.29, 0.717) is 6.07 Å². The number of aromatic nitrogens is 1. The van der Waals surface area contributed by atoms with E-state index < -0.39 is 29.2 Å². The van der Waals surface area contributed by atoms with Crippen LogP contribution in [0.25, 0.3) is 0 Å². The molecule has 2 N–H and O–H groups in total. The molecule has 108 valence electrons. The van der Waals surface area contributed by atoms with Crippen molar-refractivity contribution in [1.82, 2.24) is 9.47 Å². The third kappa shape index (κ3) is 3.27. The fourth-order valence-corrected chi connectivity index (χ4v) is 1.67. The van der Waals surface area contributed by atoms with Crippen molar-refractivity contribution in [2.45, 2.75) is 18.8 Å². The molecule has 0 radical (unpaired) electrons. The summed E-state index contributed by atoms with van der Waals surface area (Å²) >= 11 is 0. The average molecular weight is 280 g/mol. The SMILES string of the molecule is CN(C)Cc1c(O)c(=O)cc(C(O)C(F)(F)F)n1C. The molecule has 0 bridgehead atoms. The van der Waals surface area contributed by atoms with Gasteiger partial charge in [0.1, 0.15) is 0 Å². The Kier molecular flexibility index (Phi) is 4.26. The van der Waals surface area contributed by atoms with E-state index in [2.05, 4.69) is 0 Å². The van der Waals surface area contributed by atoms with Crippen molar-refractivity contribution >= 4 is 0 Å². The highest BCUT2D eigenvalue weighted by atomic mass is 19.4. The van der Waals surface area contributed by atoms with Crippen molar-refractivity contribution in [2.75, 3.05) is 14.1 Å². The van der Waals surface area contributed by atoms with Gasteiger partial charge in [0.05, 0.1) is 11.4 Å². The minimum Gasteiger partial charge on any atom is -0.503 e. The molecule has 19 heavy (non-hydrogen) atoms. The first-order valence-corrected chi connectivity index (χ1v) is 5.37. The molecule has 1 unspecified atom stereocenters. The number of aromatic hydroxyl groups is 1. The van der Waals surface area contributed by atoms with Gasteiger partial charge < -0.3 is 19.7 Å². The summed E-state index contributed by atoms with van der Waals surface area (Å²) in [5, 5.41) is 18.8. The number of pyridine rings is 1. The zero-order valence-electron chi connectivity index (χ0n) is 10.7. The van der Waals surface area contributed by atoms with Gasteiger partial charge >= 0.3 is 6.18 Å². The number of hydrogen-bond donors (Lipinski definition) is 2. The van der Waals surface area contributed by atoms with Gasteiger partial charge in [-0.2, -0.15) is 13.2 Å². The van der Waals surface area contributed by atoms with Gasteiger partial charge in [-0.1, -0.05) is 0 Å². The first-order chi connectivity index (χ1) is 8.55. The number of alkyl halides is 3. The first-order valence-electron chi connectivity index (χ1n) is 5.37. The Labute approximate surface area is 107 Å². The van der Waals surface area contributed by atoms with E-state index in [4.69, 9.17) is 0 Å². The summed E-state index contributed by atoms with van der Waals surface area (Å²) in [7, 11) is 4.52. The molecule has 0 aromatic carbocycles. The van der Waals surface area contributed by atoms with Crippen LogP contribution in [0.5, 0.6) is 5.75 Å². The van der Waals surface area contributed by atoms with Crippen LogP contribution in [0.3, 0.4) is 0 Å². The standard InChI is InChI=1S/C11H15F3N2O3/c1-15(2)5-7-9(18)8(17)4-6(16(7)3)10(19)11(12,13)14/h4,10,18-19H,5H2,1-3H3. The Hall–Kier alpha value is -1.54. The predicted octanol–water partition coefficient (Wildman–Crippen LogP) is 0.748. The van der Waals surface area contributed by atoms with E-state index in [1.54, 1.807) is 19.0 Å². The monoisotopic (exact) mass is 280 g/mol. The lowest BCUT2D eigenvalue weighted by Crippen LogP contribution is -2.28. The normalized spacial score (nSPS) is 13.9. The van der Waals surface area contributed by atoms with Gasteiger partial charge in [-0.15, -0.1) is 0 Å². The Balaban J connectivity index is 3.44. The summed E-state index contributed by atoms with van der Waals surface area (Å²) in [6.07, 6.45) is -7.65. The Morgan fingerprint density at radius 1 is 1.42 bits per heavy atom. The highest BCUT2D eigenvalue weighted by molar-refractivity contribution is 5.31. The molecule has 0 fully saturated rings. The number of nitrogens with zero attached hydrogens (tertiary/aromatic N) is 2. The number of aliphatic hydroxyl groups is 1. The number of halogens is 3. The van der Waals surface area contributed by atoms with Crippen LogP contribution in [0.1, 0.15) is 17.5 Å². The maximum Gasteiger partial charge on any atom is 0.420 e. The molecule has 0 saturated carbocycles. The average Bonchev–Trinajstić information content (AvgIpc) is 2.27. The highest BCUT2D eigenvalue weighted by Crippen LogP contribution is 2.32. The van der Waals surface area contributed by atoms with Gasteiger partial charge in [0, 0.05) is 19.7 Å². The van der Waals surface area contributed by atoms with Crippen LogP contribution in [0.2, 0.25) is 0 Å².